The highest BCUT2D eigenvalue weighted by Crippen LogP contribution is 0.900. The normalized spacial score (nSPS) is 1.75. The van der Waals surface area contributed by atoms with E-state index in [2.05, 4.69) is 5.73 Å². The topological polar surface area (TPSA) is 49.8 Å². The van der Waals surface area contributed by atoms with Gasteiger partial charge in [-0.1, -0.05) is 0 Å². The van der Waals surface area contributed by atoms with Crippen LogP contribution in [0.2, 0.25) is 0 Å². The lowest BCUT2D eigenvalue weighted by atomic mass is 11.5. The Morgan fingerprint density at radius 1 is 1.75 bits per heavy atom. The molecule has 0 aromatic rings. The molecule has 24 valence electrons. The monoisotopic (exact) mass is 74.0 g/mol. The molecule has 0 rings (SSSR count). The summed E-state index contributed by atoms with van der Waals surface area (Å²) in [5.41, 5.74) is 4.15. The lowest BCUT2D eigenvalue weighted by Gasteiger charge is -1.24. The van der Waals surface area contributed by atoms with Crippen molar-refractivity contribution in [3.8, 4) is 6.19 Å². The molecule has 0 aromatic carbocycles. The number of nitriles is 1. The van der Waals surface area contributed by atoms with E-state index in [1.165, 1.54) is 6.19 Å². The predicted octanol–water partition coefficient (Wildman–Crippen LogP) is -2.03. The Balaban J connectivity index is 0. The SMILES string of the molecule is N#CN.[SiH4]. The molecule has 0 aliphatic rings. The number of hydrogen-bond acceptors (Lipinski definition) is 2. The second-order valence-corrected chi connectivity index (χ2v) is 0.129. The second kappa shape index (κ2) is 22.2. The van der Waals surface area contributed by atoms with Crippen molar-refractivity contribution in [3.05, 3.63) is 0 Å². The molecule has 3 heteroatoms. The van der Waals surface area contributed by atoms with Crippen molar-refractivity contribution in [1.29, 1.82) is 5.26 Å². The third-order valence-electron chi connectivity index (χ3n) is 0. The van der Waals surface area contributed by atoms with Crippen LogP contribution >= 0.6 is 0 Å². The summed E-state index contributed by atoms with van der Waals surface area (Å²) in [6, 6.07) is 0. The number of nitrogens with zero attached hydrogens (tertiary/aromatic N) is 1. The van der Waals surface area contributed by atoms with Crippen LogP contribution < -0.4 is 5.73 Å². The van der Waals surface area contributed by atoms with E-state index in [-0.39, 0.29) is 11.0 Å². The molecular weight excluding hydrogens is 68.1 g/mol. The Morgan fingerprint density at radius 2 is 1.75 bits per heavy atom. The van der Waals surface area contributed by atoms with Crippen LogP contribution in [0.25, 0.3) is 0 Å². The Hall–Kier alpha value is -0.493. The molecule has 0 heterocycles. The summed E-state index contributed by atoms with van der Waals surface area (Å²) in [5, 5.41) is 7.10. The first kappa shape index (κ1) is 9.71. The Bertz CT molecular complexity index is 27.5. The van der Waals surface area contributed by atoms with Crippen LogP contribution in [0.3, 0.4) is 0 Å². The summed E-state index contributed by atoms with van der Waals surface area (Å²) in [5.74, 6) is 0. The number of nitrogens with two attached hydrogens (primary N) is 1. The van der Waals surface area contributed by atoms with E-state index in [1.54, 1.807) is 0 Å². The molecule has 0 aliphatic heterocycles. The Morgan fingerprint density at radius 3 is 1.75 bits per heavy atom. The van der Waals surface area contributed by atoms with Crippen molar-refractivity contribution in [2.75, 3.05) is 0 Å². The molecule has 2 nitrogen and oxygen atoms in total. The molecule has 0 saturated carbocycles. The van der Waals surface area contributed by atoms with Crippen molar-refractivity contribution in [2.24, 2.45) is 5.73 Å². The van der Waals surface area contributed by atoms with Gasteiger partial charge >= 0.3 is 0 Å². The summed E-state index contributed by atoms with van der Waals surface area (Å²) < 4.78 is 0. The van der Waals surface area contributed by atoms with E-state index in [4.69, 9.17) is 5.26 Å². The summed E-state index contributed by atoms with van der Waals surface area (Å²) in [7, 11) is 0. The molecule has 0 bridgehead atoms. The molecule has 0 aromatic heterocycles. The maximum atomic E-state index is 7.10. The molecule has 0 saturated heterocycles. The van der Waals surface area contributed by atoms with Gasteiger partial charge < -0.3 is 5.73 Å². The average Bonchev–Trinajstić information content (AvgIpc) is 0.918. The van der Waals surface area contributed by atoms with Gasteiger partial charge in [0.05, 0.1) is 0 Å². The fourth-order valence-electron chi connectivity index (χ4n) is 0. The summed E-state index contributed by atoms with van der Waals surface area (Å²) in [4.78, 5) is 0. The van der Waals surface area contributed by atoms with Gasteiger partial charge in [0.1, 0.15) is 0 Å². The fourth-order valence-corrected chi connectivity index (χ4v) is 0. The fraction of sp³-hybridized carbons (Fsp3) is 0. The van der Waals surface area contributed by atoms with Gasteiger partial charge in [-0.3, -0.25) is 0 Å². The maximum Gasteiger partial charge on any atom is 0.173 e. The van der Waals surface area contributed by atoms with Gasteiger partial charge in [0.2, 0.25) is 0 Å². The highest BCUT2D eigenvalue weighted by Gasteiger charge is 1.12. The molecular formula is CH6N2Si. The van der Waals surface area contributed by atoms with Gasteiger partial charge in [-0.2, -0.15) is 5.26 Å². The Labute approximate surface area is 29.2 Å². The zero-order chi connectivity index (χ0) is 2.71. The quantitative estimate of drug-likeness (QED) is 0.205. The molecule has 0 amide bonds. The zero-order valence-electron chi connectivity index (χ0n) is 1.52. The summed E-state index contributed by atoms with van der Waals surface area (Å²) in [6.45, 7) is 0. The average molecular weight is 74.2 g/mol. The van der Waals surface area contributed by atoms with Crippen molar-refractivity contribution in [1.82, 2.24) is 0 Å². The van der Waals surface area contributed by atoms with E-state index in [1.807, 2.05) is 0 Å². The van der Waals surface area contributed by atoms with E-state index in [0.717, 1.165) is 0 Å². The van der Waals surface area contributed by atoms with Crippen LogP contribution in [0.4, 0.5) is 0 Å². The third kappa shape index (κ3) is 1.59. The molecule has 0 unspecified atom stereocenters. The standard InChI is InChI=1S/CH2N2.H4Si/c2-1-3;/h2H2;1H4. The largest absolute Gasteiger partial charge is 0.337 e. The molecule has 0 spiro atoms. The highest BCUT2D eigenvalue weighted by atomic mass is 28.1. The third-order valence-corrected chi connectivity index (χ3v) is 0. The second-order valence-electron chi connectivity index (χ2n) is 0.129. The smallest absolute Gasteiger partial charge is 0.173 e. The maximum absolute atomic E-state index is 7.10. The number of rotatable bonds is 0. The van der Waals surface area contributed by atoms with Gasteiger partial charge in [0.25, 0.3) is 0 Å². The van der Waals surface area contributed by atoms with Crippen LogP contribution in [-0.4, -0.2) is 11.0 Å². The van der Waals surface area contributed by atoms with E-state index in [0.29, 0.717) is 0 Å². The molecule has 0 radical (unpaired) electrons. The van der Waals surface area contributed by atoms with E-state index in [9.17, 15) is 0 Å². The van der Waals surface area contributed by atoms with Crippen molar-refractivity contribution in [3.63, 3.8) is 0 Å². The highest BCUT2D eigenvalue weighted by molar-refractivity contribution is 5.75. The van der Waals surface area contributed by atoms with Crippen LogP contribution in [0.5, 0.6) is 0 Å². The van der Waals surface area contributed by atoms with Gasteiger partial charge in [0.15, 0.2) is 6.19 Å². The Kier molecular flexibility index (Phi) is 53.8. The van der Waals surface area contributed by atoms with Gasteiger partial charge in [-0.25, -0.2) is 0 Å². The zero-order valence-corrected chi connectivity index (χ0v) is 1.52. The van der Waals surface area contributed by atoms with Crippen LogP contribution in [0, 0.1) is 11.5 Å². The minimum atomic E-state index is 0. The number of hydrogen-bond donors (Lipinski definition) is 1. The first-order valence-electron chi connectivity index (χ1n) is 0.512. The van der Waals surface area contributed by atoms with Crippen LogP contribution in [-0.2, 0) is 0 Å². The molecule has 0 fully saturated rings. The van der Waals surface area contributed by atoms with E-state index < -0.39 is 0 Å². The van der Waals surface area contributed by atoms with Gasteiger partial charge in [-0.15, -0.1) is 0 Å². The van der Waals surface area contributed by atoms with Crippen molar-refractivity contribution < 1.29 is 0 Å². The predicted molar refractivity (Wildman–Crippen MR) is 21.1 cm³/mol. The lowest BCUT2D eigenvalue weighted by Crippen LogP contribution is -1.69. The van der Waals surface area contributed by atoms with Crippen LogP contribution in [0.1, 0.15) is 0 Å². The molecule has 0 aliphatic carbocycles. The minimum absolute atomic E-state index is 0. The summed E-state index contributed by atoms with van der Waals surface area (Å²) >= 11 is 0. The first-order chi connectivity index (χ1) is 1.41. The lowest BCUT2D eigenvalue weighted by molar-refractivity contribution is 1.45. The first-order valence-corrected chi connectivity index (χ1v) is 0.512. The van der Waals surface area contributed by atoms with Crippen molar-refractivity contribution in [2.45, 2.75) is 0 Å². The molecule has 4 heavy (non-hydrogen) atoms. The van der Waals surface area contributed by atoms with Crippen molar-refractivity contribution >= 4 is 11.0 Å². The van der Waals surface area contributed by atoms with E-state index >= 15 is 0 Å². The molecule has 0 atom stereocenters. The van der Waals surface area contributed by atoms with Gasteiger partial charge in [0, 0.05) is 0 Å². The summed E-state index contributed by atoms with van der Waals surface area (Å²) in [6.07, 6.45) is 1.25. The van der Waals surface area contributed by atoms with Gasteiger partial charge in [-0.05, 0) is 11.0 Å². The molecule has 2 N–H and O–H groups in total. The van der Waals surface area contributed by atoms with Crippen LogP contribution in [0.15, 0.2) is 0 Å². The minimum Gasteiger partial charge on any atom is -0.337 e.